The molecule has 0 spiro atoms. The summed E-state index contributed by atoms with van der Waals surface area (Å²) in [5.41, 5.74) is 6.59. The third-order valence-corrected chi connectivity index (χ3v) is 5.76. The predicted octanol–water partition coefficient (Wildman–Crippen LogP) is 2.58. The van der Waals surface area contributed by atoms with Gasteiger partial charge in [0.05, 0.1) is 12.5 Å². The lowest BCUT2D eigenvalue weighted by molar-refractivity contribution is -0.131. The van der Waals surface area contributed by atoms with Crippen molar-refractivity contribution in [2.75, 3.05) is 26.2 Å². The van der Waals surface area contributed by atoms with E-state index < -0.39 is 6.03 Å². The van der Waals surface area contributed by atoms with Gasteiger partial charge in [0.2, 0.25) is 5.91 Å². The zero-order chi connectivity index (χ0) is 19.1. The molecule has 1 aliphatic heterocycles. The van der Waals surface area contributed by atoms with Gasteiger partial charge in [-0.3, -0.25) is 9.69 Å². The van der Waals surface area contributed by atoms with Gasteiger partial charge in [-0.2, -0.15) is 0 Å². The Morgan fingerprint density at radius 2 is 1.89 bits per heavy atom. The molecule has 7 heteroatoms. The van der Waals surface area contributed by atoms with Crippen molar-refractivity contribution in [3.8, 4) is 0 Å². The lowest BCUT2D eigenvalue weighted by Gasteiger charge is -2.24. The molecule has 1 atom stereocenters. The summed E-state index contributed by atoms with van der Waals surface area (Å²) in [6, 6.07) is 13.3. The zero-order valence-corrected chi connectivity index (χ0v) is 16.2. The van der Waals surface area contributed by atoms with Gasteiger partial charge in [0.15, 0.2) is 0 Å². The fourth-order valence-corrected chi connectivity index (χ4v) is 4.19. The van der Waals surface area contributed by atoms with Gasteiger partial charge in [-0.25, -0.2) is 4.79 Å². The summed E-state index contributed by atoms with van der Waals surface area (Å²) >= 11 is 1.52. The minimum atomic E-state index is -0.605. The number of nitrogens with two attached hydrogens (primary N) is 1. The maximum atomic E-state index is 12.8. The first kappa shape index (κ1) is 19.4. The Bertz CT molecular complexity index is 736. The molecule has 1 aromatic carbocycles. The Kier molecular flexibility index (Phi) is 6.84. The first-order valence-electron chi connectivity index (χ1n) is 9.25. The predicted molar refractivity (Wildman–Crippen MR) is 107 cm³/mol. The van der Waals surface area contributed by atoms with Gasteiger partial charge in [0.1, 0.15) is 0 Å². The standard InChI is InChI=1S/C20H26N4O2S/c21-20(26)22-17(18-8-4-13-27-18)14-19(25)24-10-5-9-23(11-12-24)15-16-6-2-1-3-7-16/h1-4,6-8,13,17H,5,9-12,14-15H2,(H3,21,22,26). The highest BCUT2D eigenvalue weighted by Gasteiger charge is 2.24. The third kappa shape index (κ3) is 5.80. The van der Waals surface area contributed by atoms with E-state index in [-0.39, 0.29) is 18.4 Å². The van der Waals surface area contributed by atoms with Crippen LogP contribution in [-0.4, -0.2) is 47.9 Å². The molecule has 2 heterocycles. The lowest BCUT2D eigenvalue weighted by atomic mass is 10.1. The smallest absolute Gasteiger partial charge is 0.312 e. The minimum absolute atomic E-state index is 0.0590. The number of hydrogen-bond acceptors (Lipinski definition) is 4. The van der Waals surface area contributed by atoms with Gasteiger partial charge in [0.25, 0.3) is 0 Å². The highest BCUT2D eigenvalue weighted by molar-refractivity contribution is 7.10. The molecule has 3 rings (SSSR count). The largest absolute Gasteiger partial charge is 0.352 e. The Hall–Kier alpha value is -2.38. The van der Waals surface area contributed by atoms with Gasteiger partial charge in [-0.15, -0.1) is 11.3 Å². The van der Waals surface area contributed by atoms with E-state index in [0.29, 0.717) is 6.54 Å². The van der Waals surface area contributed by atoms with Crippen LogP contribution >= 0.6 is 11.3 Å². The van der Waals surface area contributed by atoms with Crippen LogP contribution in [0.15, 0.2) is 47.8 Å². The van der Waals surface area contributed by atoms with Crippen molar-refractivity contribution < 1.29 is 9.59 Å². The number of carbonyl (C=O) groups is 2. The number of nitrogens with one attached hydrogen (secondary N) is 1. The molecule has 0 saturated carbocycles. The van der Waals surface area contributed by atoms with Crippen LogP contribution in [0.5, 0.6) is 0 Å². The van der Waals surface area contributed by atoms with Crippen LogP contribution < -0.4 is 11.1 Å². The van der Waals surface area contributed by atoms with E-state index in [9.17, 15) is 9.59 Å². The monoisotopic (exact) mass is 386 g/mol. The number of amides is 3. The molecule has 2 aromatic rings. The van der Waals surface area contributed by atoms with Gasteiger partial charge in [-0.05, 0) is 23.4 Å². The summed E-state index contributed by atoms with van der Waals surface area (Å²) in [5, 5.41) is 4.63. The number of thiophene rings is 1. The molecule has 144 valence electrons. The quantitative estimate of drug-likeness (QED) is 0.801. The molecule has 1 unspecified atom stereocenters. The summed E-state index contributed by atoms with van der Waals surface area (Å²) in [5.74, 6) is 0.0590. The van der Waals surface area contributed by atoms with Crippen molar-refractivity contribution in [2.45, 2.75) is 25.4 Å². The van der Waals surface area contributed by atoms with E-state index in [1.54, 1.807) is 0 Å². The molecule has 1 aliphatic rings. The second kappa shape index (κ2) is 9.53. The summed E-state index contributed by atoms with van der Waals surface area (Å²) in [6.07, 6.45) is 1.19. The van der Waals surface area contributed by atoms with Gasteiger partial charge in [0, 0.05) is 37.6 Å². The van der Waals surface area contributed by atoms with Gasteiger partial charge < -0.3 is 16.0 Å². The summed E-state index contributed by atoms with van der Waals surface area (Å²) in [6.45, 7) is 4.20. The lowest BCUT2D eigenvalue weighted by Crippen LogP contribution is -2.39. The molecule has 1 aromatic heterocycles. The topological polar surface area (TPSA) is 78.7 Å². The van der Waals surface area contributed by atoms with Gasteiger partial charge in [-0.1, -0.05) is 36.4 Å². The average molecular weight is 387 g/mol. The Balaban J connectivity index is 1.56. The van der Waals surface area contributed by atoms with Crippen LogP contribution in [0.1, 0.15) is 29.3 Å². The van der Waals surface area contributed by atoms with Crippen LogP contribution in [0.3, 0.4) is 0 Å². The Labute approximate surface area is 164 Å². The number of hydrogen-bond donors (Lipinski definition) is 2. The van der Waals surface area contributed by atoms with E-state index in [1.165, 1.54) is 16.9 Å². The fraction of sp³-hybridized carbons (Fsp3) is 0.400. The van der Waals surface area contributed by atoms with Crippen molar-refractivity contribution in [3.05, 3.63) is 58.3 Å². The molecule has 3 N–H and O–H groups in total. The maximum absolute atomic E-state index is 12.8. The average Bonchev–Trinajstić information content (AvgIpc) is 3.09. The van der Waals surface area contributed by atoms with E-state index >= 15 is 0 Å². The highest BCUT2D eigenvalue weighted by atomic mass is 32.1. The van der Waals surface area contributed by atoms with Crippen molar-refractivity contribution >= 4 is 23.3 Å². The van der Waals surface area contributed by atoms with Crippen molar-refractivity contribution in [3.63, 3.8) is 0 Å². The zero-order valence-electron chi connectivity index (χ0n) is 15.3. The molecule has 1 saturated heterocycles. The minimum Gasteiger partial charge on any atom is -0.352 e. The molecular formula is C20H26N4O2S. The second-order valence-electron chi connectivity index (χ2n) is 6.78. The van der Waals surface area contributed by atoms with Crippen LogP contribution in [0.4, 0.5) is 4.79 Å². The van der Waals surface area contributed by atoms with Gasteiger partial charge >= 0.3 is 6.03 Å². The third-order valence-electron chi connectivity index (χ3n) is 4.77. The number of nitrogens with zero attached hydrogens (tertiary/aromatic N) is 2. The molecule has 0 bridgehead atoms. The van der Waals surface area contributed by atoms with Crippen molar-refractivity contribution in [2.24, 2.45) is 5.73 Å². The van der Waals surface area contributed by atoms with E-state index in [1.807, 2.05) is 28.5 Å². The molecule has 1 fully saturated rings. The van der Waals surface area contributed by atoms with Crippen LogP contribution in [0.2, 0.25) is 0 Å². The number of rotatable bonds is 6. The number of urea groups is 1. The van der Waals surface area contributed by atoms with Crippen molar-refractivity contribution in [1.82, 2.24) is 15.1 Å². The maximum Gasteiger partial charge on any atom is 0.312 e. The fourth-order valence-electron chi connectivity index (χ4n) is 3.41. The molecule has 0 aliphatic carbocycles. The molecule has 27 heavy (non-hydrogen) atoms. The molecule has 6 nitrogen and oxygen atoms in total. The number of benzene rings is 1. The van der Waals surface area contributed by atoms with E-state index in [0.717, 1.165) is 37.5 Å². The van der Waals surface area contributed by atoms with Crippen LogP contribution in [0, 0.1) is 0 Å². The number of carbonyl (C=O) groups excluding carboxylic acids is 2. The SMILES string of the molecule is NC(=O)NC(CC(=O)N1CCCN(Cc2ccccc2)CC1)c1cccs1. The molecular weight excluding hydrogens is 360 g/mol. The summed E-state index contributed by atoms with van der Waals surface area (Å²) < 4.78 is 0. The Morgan fingerprint density at radius 1 is 1.07 bits per heavy atom. The first-order valence-corrected chi connectivity index (χ1v) is 10.1. The van der Waals surface area contributed by atoms with Crippen molar-refractivity contribution in [1.29, 1.82) is 0 Å². The van der Waals surface area contributed by atoms with E-state index in [4.69, 9.17) is 5.73 Å². The van der Waals surface area contributed by atoms with Crippen LogP contribution in [0.25, 0.3) is 0 Å². The second-order valence-corrected chi connectivity index (χ2v) is 7.76. The number of primary amides is 1. The molecule has 0 radical (unpaired) electrons. The molecule has 3 amide bonds. The van der Waals surface area contributed by atoms with Crippen LogP contribution in [-0.2, 0) is 11.3 Å². The summed E-state index contributed by atoms with van der Waals surface area (Å²) in [4.78, 5) is 29.4. The van der Waals surface area contributed by atoms with E-state index in [2.05, 4.69) is 34.5 Å². The Morgan fingerprint density at radius 3 is 2.59 bits per heavy atom. The first-order chi connectivity index (χ1) is 13.1. The summed E-state index contributed by atoms with van der Waals surface area (Å²) in [7, 11) is 0. The normalized spacial score (nSPS) is 16.5. The highest BCUT2D eigenvalue weighted by Crippen LogP contribution is 2.23.